The van der Waals surface area contributed by atoms with Crippen LogP contribution in [0.3, 0.4) is 0 Å². The van der Waals surface area contributed by atoms with E-state index in [0.717, 1.165) is 24.3 Å². The van der Waals surface area contributed by atoms with Crippen molar-refractivity contribution in [3.05, 3.63) is 27.7 Å². The molecule has 1 heterocycles. The third kappa shape index (κ3) is 5.00. The minimum Gasteiger partial charge on any atom is -0.394 e. The Morgan fingerprint density at radius 3 is 2.58 bits per heavy atom. The molecule has 0 unspecified atom stereocenters. The van der Waals surface area contributed by atoms with Crippen molar-refractivity contribution >= 4 is 45.0 Å². The quantitative estimate of drug-likeness (QED) is 0.718. The highest BCUT2D eigenvalue weighted by atomic mass is 35.5. The Hall–Kier alpha value is -0.0200. The molecular formula is C15H21Cl2NO4S2. The number of nitrogens with one attached hydrogen (secondary N) is 1. The van der Waals surface area contributed by atoms with Gasteiger partial charge in [-0.1, -0.05) is 23.2 Å². The van der Waals surface area contributed by atoms with Crippen LogP contribution >= 0.6 is 35.0 Å². The Labute approximate surface area is 157 Å². The van der Waals surface area contributed by atoms with Crippen molar-refractivity contribution in [2.24, 2.45) is 0 Å². The van der Waals surface area contributed by atoms with E-state index >= 15 is 0 Å². The standard InChI is InChI=1S/C15H21Cl2NO4S2/c1-11-8-14(13(17)9-12(11)16)24(20,21)18-10-15(22-5-4-19)2-6-23-7-3-15/h8-9,18-19H,2-7,10H2,1H3. The first-order valence-electron chi connectivity index (χ1n) is 7.57. The maximum Gasteiger partial charge on any atom is 0.242 e. The van der Waals surface area contributed by atoms with E-state index < -0.39 is 15.6 Å². The molecule has 1 aromatic carbocycles. The van der Waals surface area contributed by atoms with E-state index in [-0.39, 0.29) is 29.7 Å². The minimum absolute atomic E-state index is 0.00793. The van der Waals surface area contributed by atoms with Gasteiger partial charge in [0.2, 0.25) is 10.0 Å². The number of hydrogen-bond donors (Lipinski definition) is 2. The summed E-state index contributed by atoms with van der Waals surface area (Å²) in [5.41, 5.74) is 0.0522. The Morgan fingerprint density at radius 2 is 1.96 bits per heavy atom. The van der Waals surface area contributed by atoms with Gasteiger partial charge >= 0.3 is 0 Å². The highest BCUT2D eigenvalue weighted by molar-refractivity contribution is 7.99. The summed E-state index contributed by atoms with van der Waals surface area (Å²) in [5.74, 6) is 1.79. The summed E-state index contributed by atoms with van der Waals surface area (Å²) < 4.78 is 33.6. The molecule has 9 heteroatoms. The van der Waals surface area contributed by atoms with E-state index in [4.69, 9.17) is 33.0 Å². The fraction of sp³-hybridized carbons (Fsp3) is 0.600. The Kier molecular flexibility index (Phi) is 7.25. The normalized spacial score (nSPS) is 17.8. The van der Waals surface area contributed by atoms with Gasteiger partial charge in [-0.2, -0.15) is 11.8 Å². The van der Waals surface area contributed by atoms with Gasteiger partial charge in [-0.25, -0.2) is 13.1 Å². The summed E-state index contributed by atoms with van der Waals surface area (Å²) in [6, 6.07) is 2.90. The smallest absolute Gasteiger partial charge is 0.242 e. The highest BCUT2D eigenvalue weighted by Gasteiger charge is 2.35. The molecule has 1 fully saturated rings. The van der Waals surface area contributed by atoms with Crippen molar-refractivity contribution < 1.29 is 18.3 Å². The third-order valence-corrected chi connectivity index (χ3v) is 7.25. The van der Waals surface area contributed by atoms with Crippen LogP contribution in [0, 0.1) is 6.92 Å². The molecular weight excluding hydrogens is 393 g/mol. The first-order valence-corrected chi connectivity index (χ1v) is 11.0. The van der Waals surface area contributed by atoms with Crippen molar-refractivity contribution in [3.63, 3.8) is 0 Å². The summed E-state index contributed by atoms with van der Waals surface area (Å²) in [6.45, 7) is 1.97. The summed E-state index contributed by atoms with van der Waals surface area (Å²) in [6.07, 6.45) is 1.46. The van der Waals surface area contributed by atoms with Crippen LogP contribution < -0.4 is 4.72 Å². The maximum absolute atomic E-state index is 12.6. The van der Waals surface area contributed by atoms with Crippen molar-refractivity contribution in [2.75, 3.05) is 31.3 Å². The molecule has 2 N–H and O–H groups in total. The minimum atomic E-state index is -3.78. The van der Waals surface area contributed by atoms with Gasteiger partial charge in [0.1, 0.15) is 4.90 Å². The van der Waals surface area contributed by atoms with E-state index in [9.17, 15) is 8.42 Å². The summed E-state index contributed by atoms with van der Waals surface area (Å²) >= 11 is 13.8. The number of rotatable bonds is 7. The number of thioether (sulfide) groups is 1. The molecule has 0 atom stereocenters. The molecule has 1 saturated heterocycles. The maximum atomic E-state index is 12.6. The van der Waals surface area contributed by atoms with Crippen LogP contribution in [0.2, 0.25) is 10.0 Å². The Morgan fingerprint density at radius 1 is 1.29 bits per heavy atom. The Bertz CT molecular complexity index is 676. The molecule has 24 heavy (non-hydrogen) atoms. The van der Waals surface area contributed by atoms with Gasteiger partial charge in [-0.05, 0) is 49.0 Å². The predicted octanol–water partition coefficient (Wildman–Crippen LogP) is 2.85. The number of halogens is 2. The van der Waals surface area contributed by atoms with E-state index in [1.807, 2.05) is 11.8 Å². The number of ether oxygens (including phenoxy) is 1. The number of aliphatic hydroxyl groups excluding tert-OH is 1. The lowest BCUT2D eigenvalue weighted by atomic mass is 9.97. The lowest BCUT2D eigenvalue weighted by Crippen LogP contribution is -2.48. The van der Waals surface area contributed by atoms with Crippen molar-refractivity contribution in [2.45, 2.75) is 30.3 Å². The summed E-state index contributed by atoms with van der Waals surface area (Å²) in [5, 5.41) is 9.52. The van der Waals surface area contributed by atoms with Crippen molar-refractivity contribution in [1.82, 2.24) is 4.72 Å². The van der Waals surface area contributed by atoms with Gasteiger partial charge in [0, 0.05) is 11.6 Å². The largest absolute Gasteiger partial charge is 0.394 e. The molecule has 1 aliphatic heterocycles. The third-order valence-electron chi connectivity index (χ3n) is 3.99. The van der Waals surface area contributed by atoms with Gasteiger partial charge in [-0.3, -0.25) is 0 Å². The van der Waals surface area contributed by atoms with E-state index in [1.165, 1.54) is 12.1 Å². The fourth-order valence-corrected chi connectivity index (χ4v) is 5.70. The molecule has 0 saturated carbocycles. The number of aryl methyl sites for hydroxylation is 1. The molecule has 5 nitrogen and oxygen atoms in total. The van der Waals surface area contributed by atoms with E-state index in [1.54, 1.807) is 6.92 Å². The van der Waals surface area contributed by atoms with Gasteiger partial charge in [-0.15, -0.1) is 0 Å². The summed E-state index contributed by atoms with van der Waals surface area (Å²) in [4.78, 5) is 0.00793. The van der Waals surface area contributed by atoms with Gasteiger partial charge in [0.25, 0.3) is 0 Å². The number of aliphatic hydroxyl groups is 1. The average molecular weight is 414 g/mol. The molecule has 0 spiro atoms. The number of sulfonamides is 1. The van der Waals surface area contributed by atoms with E-state index in [2.05, 4.69) is 4.72 Å². The zero-order chi connectivity index (χ0) is 17.8. The van der Waals surface area contributed by atoms with Gasteiger partial charge in [0.05, 0.1) is 23.8 Å². The highest BCUT2D eigenvalue weighted by Crippen LogP contribution is 2.32. The zero-order valence-electron chi connectivity index (χ0n) is 13.3. The molecule has 0 aliphatic carbocycles. The van der Waals surface area contributed by atoms with E-state index in [0.29, 0.717) is 10.6 Å². The summed E-state index contributed by atoms with van der Waals surface area (Å²) in [7, 11) is -3.78. The van der Waals surface area contributed by atoms with Crippen LogP contribution in [0.5, 0.6) is 0 Å². The second-order valence-corrected chi connectivity index (χ2v) is 9.50. The molecule has 1 aliphatic rings. The molecule has 136 valence electrons. The topological polar surface area (TPSA) is 75.6 Å². The zero-order valence-corrected chi connectivity index (χ0v) is 16.5. The molecule has 0 bridgehead atoms. The molecule has 0 aromatic heterocycles. The van der Waals surface area contributed by atoms with Crippen LogP contribution in [0.25, 0.3) is 0 Å². The molecule has 0 radical (unpaired) electrons. The van der Waals surface area contributed by atoms with Crippen molar-refractivity contribution in [3.8, 4) is 0 Å². The molecule has 0 amide bonds. The lowest BCUT2D eigenvalue weighted by Gasteiger charge is -2.37. The van der Waals surface area contributed by atoms with Gasteiger partial charge in [0.15, 0.2) is 0 Å². The van der Waals surface area contributed by atoms with Crippen LogP contribution in [0.4, 0.5) is 0 Å². The second-order valence-electron chi connectivity index (χ2n) is 5.72. The second kappa shape index (κ2) is 8.58. The van der Waals surface area contributed by atoms with Crippen LogP contribution in [-0.4, -0.2) is 50.4 Å². The van der Waals surface area contributed by atoms with Gasteiger partial charge < -0.3 is 9.84 Å². The number of benzene rings is 1. The van der Waals surface area contributed by atoms with Crippen LogP contribution in [0.15, 0.2) is 17.0 Å². The molecule has 1 aromatic rings. The predicted molar refractivity (Wildman–Crippen MR) is 98.7 cm³/mol. The lowest BCUT2D eigenvalue weighted by molar-refractivity contribution is -0.0591. The van der Waals surface area contributed by atoms with Crippen LogP contribution in [0.1, 0.15) is 18.4 Å². The first kappa shape index (κ1) is 20.3. The Balaban J connectivity index is 2.17. The fourth-order valence-electron chi connectivity index (χ4n) is 2.52. The monoisotopic (exact) mass is 413 g/mol. The van der Waals surface area contributed by atoms with Crippen molar-refractivity contribution in [1.29, 1.82) is 0 Å². The SMILES string of the molecule is Cc1cc(S(=O)(=O)NCC2(OCCO)CCSCC2)c(Cl)cc1Cl. The number of hydrogen-bond acceptors (Lipinski definition) is 5. The molecule has 2 rings (SSSR count). The average Bonchev–Trinajstić information content (AvgIpc) is 2.55. The first-order chi connectivity index (χ1) is 11.3. The van der Waals surface area contributed by atoms with Crippen LogP contribution in [-0.2, 0) is 14.8 Å².